The van der Waals surface area contributed by atoms with Crippen LogP contribution < -0.4 is 4.74 Å². The fourth-order valence-electron chi connectivity index (χ4n) is 2.71. The first-order valence-corrected chi connectivity index (χ1v) is 14.1. The summed E-state index contributed by atoms with van der Waals surface area (Å²) in [5.74, 6) is 0.503. The Morgan fingerprint density at radius 1 is 1.15 bits per heavy atom. The van der Waals surface area contributed by atoms with Crippen LogP contribution in [0.4, 0.5) is 0 Å². The van der Waals surface area contributed by atoms with Gasteiger partial charge in [0.25, 0.3) is 0 Å². The maximum atomic E-state index is 13.4. The van der Waals surface area contributed by atoms with Crippen molar-refractivity contribution >= 4 is 15.7 Å². The molecular formula is C19H33O5PSi. The van der Waals surface area contributed by atoms with Crippen molar-refractivity contribution in [3.63, 3.8) is 0 Å². The molecule has 0 aliphatic rings. The van der Waals surface area contributed by atoms with Crippen LogP contribution in [0.3, 0.4) is 0 Å². The molecule has 0 fully saturated rings. The minimum Gasteiger partial charge on any atom is -0.497 e. The van der Waals surface area contributed by atoms with Crippen molar-refractivity contribution in [2.75, 3.05) is 20.3 Å². The third-order valence-corrected chi connectivity index (χ3v) is 10.5. The van der Waals surface area contributed by atoms with Gasteiger partial charge in [0, 0.05) is 10.9 Å². The zero-order chi connectivity index (χ0) is 20.0. The predicted molar refractivity (Wildman–Crippen MR) is 109 cm³/mol. The highest BCUT2D eigenvalue weighted by molar-refractivity contribution is 7.62. The molecular weight excluding hydrogens is 367 g/mol. The monoisotopic (exact) mass is 400 g/mol. The molecule has 0 aromatic heterocycles. The fourth-order valence-corrected chi connectivity index (χ4v) is 8.60. The van der Waals surface area contributed by atoms with E-state index in [9.17, 15) is 9.67 Å². The summed E-state index contributed by atoms with van der Waals surface area (Å²) in [4.78, 5) is 0.730. The topological polar surface area (TPSA) is 65.0 Å². The van der Waals surface area contributed by atoms with Crippen molar-refractivity contribution in [3.8, 4) is 5.75 Å². The Balaban J connectivity index is 3.23. The minimum atomic E-state index is -3.36. The summed E-state index contributed by atoms with van der Waals surface area (Å²) in [7, 11) is -3.75. The van der Waals surface area contributed by atoms with Gasteiger partial charge >= 0.3 is 7.60 Å². The van der Waals surface area contributed by atoms with Gasteiger partial charge in [0.1, 0.15) is 5.75 Å². The second kappa shape index (κ2) is 9.86. The Morgan fingerprint density at radius 2 is 1.65 bits per heavy atom. The average molecular weight is 401 g/mol. The highest BCUT2D eigenvalue weighted by atomic mass is 31.2. The molecule has 7 heteroatoms. The summed E-state index contributed by atoms with van der Waals surface area (Å²) in [6, 6.07) is 7.32. The highest BCUT2D eigenvalue weighted by Gasteiger charge is 2.39. The molecule has 0 saturated heterocycles. The first kappa shape index (κ1) is 23.1. The average Bonchev–Trinajstić information content (AvgIpc) is 2.58. The number of rotatable bonds is 10. The molecule has 0 bridgehead atoms. The van der Waals surface area contributed by atoms with E-state index in [1.165, 1.54) is 0 Å². The molecule has 0 radical (unpaired) electrons. The summed E-state index contributed by atoms with van der Waals surface area (Å²) in [6.45, 7) is 12.5. The third-order valence-electron chi connectivity index (χ3n) is 4.04. The summed E-state index contributed by atoms with van der Waals surface area (Å²) >= 11 is 0. The Hall–Kier alpha value is -0.913. The lowest BCUT2D eigenvalue weighted by molar-refractivity contribution is 0.139. The molecule has 0 aliphatic carbocycles. The molecule has 5 nitrogen and oxygen atoms in total. The summed E-state index contributed by atoms with van der Waals surface area (Å²) in [6.07, 6.45) is 1.18. The van der Waals surface area contributed by atoms with E-state index < -0.39 is 21.8 Å². The van der Waals surface area contributed by atoms with Gasteiger partial charge in [-0.1, -0.05) is 44.8 Å². The fraction of sp³-hybridized carbons (Fsp3) is 0.579. The Kier molecular flexibility index (Phi) is 8.77. The van der Waals surface area contributed by atoms with Crippen molar-refractivity contribution in [1.29, 1.82) is 0 Å². The lowest BCUT2D eigenvalue weighted by atomic mass is 9.97. The van der Waals surface area contributed by atoms with Crippen molar-refractivity contribution in [2.24, 2.45) is 5.92 Å². The normalized spacial score (nSPS) is 15.6. The molecule has 0 unspecified atom stereocenters. The summed E-state index contributed by atoms with van der Waals surface area (Å²) < 4.78 is 29.7. The van der Waals surface area contributed by atoms with E-state index in [1.807, 2.05) is 51.1 Å². The SMILES string of the molecule is CCOP(=O)(OCC)/C(=C\[C@@H](C)[C@H](O)c1ccc(OC)cc1)[Si](C)(C)C. The van der Waals surface area contributed by atoms with Gasteiger partial charge in [-0.3, -0.25) is 4.57 Å². The van der Waals surface area contributed by atoms with E-state index >= 15 is 0 Å². The zero-order valence-corrected chi connectivity index (χ0v) is 18.9. The van der Waals surface area contributed by atoms with E-state index in [2.05, 4.69) is 19.6 Å². The molecule has 0 heterocycles. The van der Waals surface area contributed by atoms with Crippen LogP contribution in [0, 0.1) is 5.92 Å². The zero-order valence-electron chi connectivity index (χ0n) is 17.0. The first-order chi connectivity index (χ1) is 12.1. The van der Waals surface area contributed by atoms with E-state index in [-0.39, 0.29) is 5.92 Å². The predicted octanol–water partition coefficient (Wildman–Crippen LogP) is 5.39. The summed E-state index contributed by atoms with van der Waals surface area (Å²) in [5, 5.41) is 10.8. The van der Waals surface area contributed by atoms with Crippen molar-refractivity contribution in [1.82, 2.24) is 0 Å². The number of benzene rings is 1. The molecule has 1 rings (SSSR count). The Labute approximate surface area is 158 Å². The third kappa shape index (κ3) is 6.07. The number of hydrogen-bond donors (Lipinski definition) is 1. The molecule has 1 N–H and O–H groups in total. The molecule has 0 saturated carbocycles. The van der Waals surface area contributed by atoms with Gasteiger partial charge in [-0.2, -0.15) is 0 Å². The molecule has 0 spiro atoms. The van der Waals surface area contributed by atoms with Gasteiger partial charge in [-0.05, 0) is 31.5 Å². The molecule has 148 valence electrons. The Bertz CT molecular complexity index is 626. The van der Waals surface area contributed by atoms with Crippen molar-refractivity contribution < 1.29 is 23.5 Å². The molecule has 1 aromatic carbocycles. The van der Waals surface area contributed by atoms with E-state index in [0.29, 0.717) is 13.2 Å². The van der Waals surface area contributed by atoms with Crippen LogP contribution >= 0.6 is 7.60 Å². The standard InChI is InChI=1S/C19H33O5PSi/c1-8-23-25(21,24-9-2)18(26(5,6)7)14-15(3)19(20)16-10-12-17(22-4)13-11-16/h10-15,19-20H,8-9H2,1-7H3/b18-14+/t15-,19+/m1/s1. The van der Waals surface area contributed by atoms with Gasteiger partial charge in [-0.25, -0.2) is 0 Å². The minimum absolute atomic E-state index is 0.237. The Morgan fingerprint density at radius 3 is 2.04 bits per heavy atom. The lowest BCUT2D eigenvalue weighted by Crippen LogP contribution is -2.26. The van der Waals surface area contributed by atoms with Crippen LogP contribution in [0.5, 0.6) is 5.75 Å². The number of methoxy groups -OCH3 is 1. The number of aliphatic hydroxyl groups excluding tert-OH is 1. The number of ether oxygens (including phenoxy) is 1. The molecule has 26 heavy (non-hydrogen) atoms. The van der Waals surface area contributed by atoms with Gasteiger partial charge in [0.2, 0.25) is 0 Å². The van der Waals surface area contributed by atoms with E-state index in [4.69, 9.17) is 13.8 Å². The van der Waals surface area contributed by atoms with Gasteiger partial charge < -0.3 is 18.9 Å². The van der Waals surface area contributed by atoms with Gasteiger partial charge in [0.05, 0.1) is 34.5 Å². The highest BCUT2D eigenvalue weighted by Crippen LogP contribution is 2.59. The number of hydrogen-bond acceptors (Lipinski definition) is 5. The quantitative estimate of drug-likeness (QED) is 0.421. The van der Waals surface area contributed by atoms with Gasteiger partial charge in [-0.15, -0.1) is 0 Å². The van der Waals surface area contributed by atoms with Crippen LogP contribution in [0.2, 0.25) is 19.6 Å². The van der Waals surface area contributed by atoms with Crippen molar-refractivity contribution in [3.05, 3.63) is 40.8 Å². The van der Waals surface area contributed by atoms with Crippen LogP contribution in [-0.2, 0) is 13.6 Å². The van der Waals surface area contributed by atoms with Gasteiger partial charge in [0.15, 0.2) is 0 Å². The number of aliphatic hydroxyl groups is 1. The second-order valence-corrected chi connectivity index (χ2v) is 14.7. The molecule has 1 aromatic rings. The summed E-state index contributed by atoms with van der Waals surface area (Å²) in [5.41, 5.74) is 0.784. The lowest BCUT2D eigenvalue weighted by Gasteiger charge is -2.30. The molecule has 0 amide bonds. The maximum Gasteiger partial charge on any atom is 0.353 e. The van der Waals surface area contributed by atoms with E-state index in [1.54, 1.807) is 7.11 Å². The van der Waals surface area contributed by atoms with Crippen LogP contribution in [0.15, 0.2) is 35.3 Å². The smallest absolute Gasteiger partial charge is 0.353 e. The van der Waals surface area contributed by atoms with Crippen LogP contribution in [0.25, 0.3) is 0 Å². The van der Waals surface area contributed by atoms with Crippen molar-refractivity contribution in [2.45, 2.75) is 46.5 Å². The first-order valence-electron chi connectivity index (χ1n) is 9.03. The second-order valence-electron chi connectivity index (χ2n) is 7.21. The molecule has 2 atom stereocenters. The largest absolute Gasteiger partial charge is 0.497 e. The van der Waals surface area contributed by atoms with E-state index in [0.717, 1.165) is 16.3 Å². The molecule has 0 aliphatic heterocycles. The van der Waals surface area contributed by atoms with Crippen LogP contribution in [-0.4, -0.2) is 33.5 Å². The maximum absolute atomic E-state index is 13.4. The van der Waals surface area contributed by atoms with Crippen LogP contribution in [0.1, 0.15) is 32.4 Å².